The first-order chi connectivity index (χ1) is 8.72. The van der Waals surface area contributed by atoms with Crippen LogP contribution in [0.3, 0.4) is 0 Å². The van der Waals surface area contributed by atoms with Gasteiger partial charge >= 0.3 is 0 Å². The van der Waals surface area contributed by atoms with E-state index in [9.17, 15) is 4.79 Å². The average molecular weight is 248 g/mol. The van der Waals surface area contributed by atoms with Gasteiger partial charge < -0.3 is 10.5 Å². The lowest BCUT2D eigenvalue weighted by Crippen LogP contribution is -2.42. The van der Waals surface area contributed by atoms with Gasteiger partial charge in [-0.2, -0.15) is 0 Å². The van der Waals surface area contributed by atoms with Crippen LogP contribution in [0.2, 0.25) is 0 Å². The molecule has 0 bridgehead atoms. The van der Waals surface area contributed by atoms with E-state index in [0.717, 1.165) is 50.1 Å². The van der Waals surface area contributed by atoms with Gasteiger partial charge in [-0.15, -0.1) is 0 Å². The van der Waals surface area contributed by atoms with Gasteiger partial charge in [0.05, 0.1) is 7.11 Å². The molecular formula is C14H20N2O2. The third-order valence-corrected chi connectivity index (χ3v) is 3.38. The van der Waals surface area contributed by atoms with Crippen LogP contribution in [0, 0.1) is 0 Å². The largest absolute Gasteiger partial charge is 0.496 e. The molecule has 1 saturated heterocycles. The van der Waals surface area contributed by atoms with Crippen molar-refractivity contribution in [2.24, 2.45) is 5.73 Å². The van der Waals surface area contributed by atoms with Crippen molar-refractivity contribution in [1.82, 2.24) is 4.90 Å². The van der Waals surface area contributed by atoms with Crippen LogP contribution < -0.4 is 10.5 Å². The molecule has 2 N–H and O–H groups in total. The van der Waals surface area contributed by atoms with Crippen LogP contribution in [0.4, 0.5) is 0 Å². The molecule has 1 fully saturated rings. The Balaban J connectivity index is 2.13. The highest BCUT2D eigenvalue weighted by molar-refractivity contribution is 5.75. The van der Waals surface area contributed by atoms with Crippen molar-refractivity contribution in [3.63, 3.8) is 0 Å². The van der Waals surface area contributed by atoms with Crippen molar-refractivity contribution in [1.29, 1.82) is 0 Å². The molecule has 98 valence electrons. The van der Waals surface area contributed by atoms with Crippen LogP contribution in [0.1, 0.15) is 28.8 Å². The van der Waals surface area contributed by atoms with Gasteiger partial charge in [-0.25, -0.2) is 0 Å². The van der Waals surface area contributed by atoms with Gasteiger partial charge in [0, 0.05) is 30.3 Å². The maximum Gasteiger partial charge on any atom is 0.150 e. The standard InChI is InChI=1S/C14H20N2O2/c1-18-14-5-4-11(10-17)7-12(14)8-16-6-2-3-13(15)9-16/h4-5,7,10,13H,2-3,6,8-9,15H2,1H3. The first-order valence-corrected chi connectivity index (χ1v) is 6.33. The van der Waals surface area contributed by atoms with Gasteiger partial charge in [0.1, 0.15) is 12.0 Å². The van der Waals surface area contributed by atoms with E-state index in [1.165, 1.54) is 0 Å². The molecule has 1 unspecified atom stereocenters. The number of nitrogens with zero attached hydrogens (tertiary/aromatic N) is 1. The lowest BCUT2D eigenvalue weighted by Gasteiger charge is -2.31. The van der Waals surface area contributed by atoms with E-state index < -0.39 is 0 Å². The quantitative estimate of drug-likeness (QED) is 0.819. The summed E-state index contributed by atoms with van der Waals surface area (Å²) < 4.78 is 5.34. The Kier molecular flexibility index (Phi) is 4.33. The Morgan fingerprint density at radius 3 is 3.06 bits per heavy atom. The van der Waals surface area contributed by atoms with Gasteiger partial charge in [0.2, 0.25) is 0 Å². The summed E-state index contributed by atoms with van der Waals surface area (Å²) in [6, 6.07) is 5.78. The maximum atomic E-state index is 10.8. The minimum absolute atomic E-state index is 0.263. The van der Waals surface area contributed by atoms with Crippen LogP contribution in [-0.2, 0) is 6.54 Å². The second kappa shape index (κ2) is 5.98. The van der Waals surface area contributed by atoms with Crippen LogP contribution >= 0.6 is 0 Å². The number of rotatable bonds is 4. The molecule has 1 aliphatic rings. The summed E-state index contributed by atoms with van der Waals surface area (Å²) in [5.74, 6) is 0.833. The first-order valence-electron chi connectivity index (χ1n) is 6.33. The summed E-state index contributed by atoms with van der Waals surface area (Å²) in [6.45, 7) is 2.76. The Morgan fingerprint density at radius 2 is 2.39 bits per heavy atom. The van der Waals surface area contributed by atoms with Crippen molar-refractivity contribution in [3.05, 3.63) is 29.3 Å². The summed E-state index contributed by atoms with van der Waals surface area (Å²) in [6.07, 6.45) is 3.10. The predicted octanol–water partition coefficient (Wildman–Crippen LogP) is 1.43. The van der Waals surface area contributed by atoms with Gasteiger partial charge in [-0.05, 0) is 37.6 Å². The third-order valence-electron chi connectivity index (χ3n) is 3.38. The molecule has 1 aromatic rings. The van der Waals surface area contributed by atoms with Crippen LogP contribution in [-0.4, -0.2) is 37.4 Å². The number of benzene rings is 1. The Hall–Kier alpha value is -1.39. The van der Waals surface area contributed by atoms with E-state index in [4.69, 9.17) is 10.5 Å². The highest BCUT2D eigenvalue weighted by Gasteiger charge is 2.18. The Labute approximate surface area is 108 Å². The number of methoxy groups -OCH3 is 1. The minimum atomic E-state index is 0.263. The van der Waals surface area contributed by atoms with Gasteiger partial charge in [0.15, 0.2) is 0 Å². The number of hydrogen-bond donors (Lipinski definition) is 1. The van der Waals surface area contributed by atoms with E-state index in [1.54, 1.807) is 13.2 Å². The van der Waals surface area contributed by atoms with Crippen LogP contribution in [0.15, 0.2) is 18.2 Å². The number of ether oxygens (including phenoxy) is 1. The molecule has 0 saturated carbocycles. The summed E-state index contributed by atoms with van der Waals surface area (Å²) in [4.78, 5) is 13.1. The summed E-state index contributed by atoms with van der Waals surface area (Å²) >= 11 is 0. The number of carbonyl (C=O) groups is 1. The number of nitrogens with two attached hydrogens (primary N) is 1. The van der Waals surface area contributed by atoms with Gasteiger partial charge in [-0.1, -0.05) is 0 Å². The highest BCUT2D eigenvalue weighted by atomic mass is 16.5. The number of piperidine rings is 1. The zero-order valence-electron chi connectivity index (χ0n) is 10.8. The van der Waals surface area contributed by atoms with Crippen molar-refractivity contribution in [3.8, 4) is 5.75 Å². The lowest BCUT2D eigenvalue weighted by atomic mass is 10.0. The molecule has 4 heteroatoms. The Bertz CT molecular complexity index is 420. The molecule has 1 heterocycles. The van der Waals surface area contributed by atoms with E-state index >= 15 is 0 Å². The zero-order chi connectivity index (χ0) is 13.0. The molecule has 1 atom stereocenters. The predicted molar refractivity (Wildman–Crippen MR) is 70.9 cm³/mol. The fourth-order valence-corrected chi connectivity index (χ4v) is 2.47. The Morgan fingerprint density at radius 1 is 1.56 bits per heavy atom. The average Bonchev–Trinajstić information content (AvgIpc) is 2.38. The SMILES string of the molecule is COc1ccc(C=O)cc1CN1CCCC(N)C1. The van der Waals surface area contributed by atoms with Crippen molar-refractivity contribution in [2.45, 2.75) is 25.4 Å². The first kappa shape index (κ1) is 13.1. The molecule has 0 aliphatic carbocycles. The van der Waals surface area contributed by atoms with Crippen molar-refractivity contribution in [2.75, 3.05) is 20.2 Å². The van der Waals surface area contributed by atoms with Crippen LogP contribution in [0.5, 0.6) is 5.75 Å². The van der Waals surface area contributed by atoms with Crippen molar-refractivity contribution >= 4 is 6.29 Å². The van der Waals surface area contributed by atoms with Gasteiger partial charge in [-0.3, -0.25) is 9.69 Å². The molecule has 4 nitrogen and oxygen atoms in total. The number of hydrogen-bond acceptors (Lipinski definition) is 4. The van der Waals surface area contributed by atoms with Crippen LogP contribution in [0.25, 0.3) is 0 Å². The zero-order valence-corrected chi connectivity index (χ0v) is 10.8. The monoisotopic (exact) mass is 248 g/mol. The lowest BCUT2D eigenvalue weighted by molar-refractivity contribution is 0.112. The van der Waals surface area contributed by atoms with E-state index in [-0.39, 0.29) is 6.04 Å². The second-order valence-corrected chi connectivity index (χ2v) is 4.83. The molecule has 0 aromatic heterocycles. The topological polar surface area (TPSA) is 55.6 Å². The number of carbonyl (C=O) groups excluding carboxylic acids is 1. The summed E-state index contributed by atoms with van der Waals surface area (Å²) in [5, 5.41) is 0. The highest BCUT2D eigenvalue weighted by Crippen LogP contribution is 2.22. The van der Waals surface area contributed by atoms with Crippen molar-refractivity contribution < 1.29 is 9.53 Å². The fraction of sp³-hybridized carbons (Fsp3) is 0.500. The minimum Gasteiger partial charge on any atom is -0.496 e. The molecule has 0 amide bonds. The van der Waals surface area contributed by atoms with E-state index in [0.29, 0.717) is 5.56 Å². The third kappa shape index (κ3) is 3.09. The molecule has 0 spiro atoms. The molecule has 0 radical (unpaired) electrons. The van der Waals surface area contributed by atoms with E-state index in [1.807, 2.05) is 12.1 Å². The molecule has 1 aliphatic heterocycles. The number of likely N-dealkylation sites (tertiary alicyclic amines) is 1. The summed E-state index contributed by atoms with van der Waals surface area (Å²) in [7, 11) is 1.65. The maximum absolute atomic E-state index is 10.8. The molecule has 18 heavy (non-hydrogen) atoms. The van der Waals surface area contributed by atoms with Gasteiger partial charge in [0.25, 0.3) is 0 Å². The molecule has 1 aromatic carbocycles. The smallest absolute Gasteiger partial charge is 0.150 e. The van der Waals surface area contributed by atoms with E-state index in [2.05, 4.69) is 4.90 Å². The second-order valence-electron chi connectivity index (χ2n) is 4.83. The normalized spacial score (nSPS) is 20.7. The molecule has 2 rings (SSSR count). The number of aldehydes is 1. The summed E-state index contributed by atoms with van der Waals surface area (Å²) in [5.41, 5.74) is 7.72. The fourth-order valence-electron chi connectivity index (χ4n) is 2.47. The molecular weight excluding hydrogens is 228 g/mol.